The summed E-state index contributed by atoms with van der Waals surface area (Å²) < 4.78 is 11.0. The average molecular weight is 438 g/mol. The van der Waals surface area contributed by atoms with Gasteiger partial charge in [0.05, 0.1) is 0 Å². The molecule has 1 aliphatic carbocycles. The van der Waals surface area contributed by atoms with Crippen molar-refractivity contribution in [2.24, 2.45) is 5.92 Å². The minimum absolute atomic E-state index is 0.0287. The van der Waals surface area contributed by atoms with Gasteiger partial charge in [0.2, 0.25) is 5.91 Å². The number of carbonyl (C=O) groups is 3. The lowest BCUT2D eigenvalue weighted by molar-refractivity contribution is -0.143. The molecule has 3 N–H and O–H groups in total. The maximum absolute atomic E-state index is 12.4. The Bertz CT molecular complexity index is 978. The fourth-order valence-corrected chi connectivity index (χ4v) is 4.35. The fourth-order valence-electron chi connectivity index (χ4n) is 4.35. The van der Waals surface area contributed by atoms with E-state index in [9.17, 15) is 14.4 Å². The molecule has 2 amide bonds. The summed E-state index contributed by atoms with van der Waals surface area (Å²) in [6.07, 6.45) is -0.772. The summed E-state index contributed by atoms with van der Waals surface area (Å²) >= 11 is 0. The molecule has 2 aromatic rings. The molecule has 1 aliphatic heterocycles. The van der Waals surface area contributed by atoms with Gasteiger partial charge in [0.15, 0.2) is 0 Å². The molecule has 1 fully saturated rings. The second-order valence-corrected chi connectivity index (χ2v) is 8.12. The largest absolute Gasteiger partial charge is 0.480 e. The molecule has 3 atom stereocenters. The monoisotopic (exact) mass is 438 g/mol. The van der Waals surface area contributed by atoms with Gasteiger partial charge in [-0.2, -0.15) is 0 Å². The van der Waals surface area contributed by atoms with E-state index in [4.69, 9.17) is 14.6 Å². The lowest BCUT2D eigenvalue weighted by Crippen LogP contribution is -2.47. The van der Waals surface area contributed by atoms with Crippen LogP contribution in [0.15, 0.2) is 48.5 Å². The second kappa shape index (κ2) is 9.40. The van der Waals surface area contributed by atoms with Crippen molar-refractivity contribution in [3.05, 3.63) is 59.7 Å². The number of aliphatic carboxylic acids is 1. The summed E-state index contributed by atoms with van der Waals surface area (Å²) in [5.74, 6) is -1.89. The van der Waals surface area contributed by atoms with Crippen molar-refractivity contribution < 1.29 is 29.0 Å². The molecular weight excluding hydrogens is 412 g/mol. The molecule has 8 heteroatoms. The van der Waals surface area contributed by atoms with Crippen LogP contribution in [0.1, 0.15) is 30.4 Å². The van der Waals surface area contributed by atoms with Gasteiger partial charge >= 0.3 is 12.1 Å². The molecule has 0 saturated carbocycles. The van der Waals surface area contributed by atoms with E-state index in [0.717, 1.165) is 22.3 Å². The Morgan fingerprint density at radius 2 is 1.72 bits per heavy atom. The molecule has 1 saturated heterocycles. The Kier molecular flexibility index (Phi) is 6.41. The zero-order valence-corrected chi connectivity index (χ0v) is 17.7. The Labute approximate surface area is 185 Å². The van der Waals surface area contributed by atoms with Gasteiger partial charge < -0.3 is 25.2 Å². The zero-order valence-electron chi connectivity index (χ0n) is 17.7. The molecule has 0 unspecified atom stereocenters. The Morgan fingerprint density at radius 3 is 2.34 bits per heavy atom. The van der Waals surface area contributed by atoms with Crippen molar-refractivity contribution in [3.63, 3.8) is 0 Å². The molecule has 1 heterocycles. The minimum atomic E-state index is -1.12. The van der Waals surface area contributed by atoms with Gasteiger partial charge in [-0.25, -0.2) is 4.79 Å². The van der Waals surface area contributed by atoms with E-state index in [0.29, 0.717) is 13.0 Å². The van der Waals surface area contributed by atoms with Gasteiger partial charge in [-0.3, -0.25) is 9.59 Å². The standard InChI is InChI=1S/C24H26N2O6/c1-14(23(28)29)26-22(27)21-15(10-11-31-21)12-25-24(30)32-13-20-18-8-4-2-6-16(18)17-7-3-5-9-19(17)20/h2-9,14-15,20-21H,10-13H2,1H3,(H,25,30)(H,26,27)(H,28,29)/t14-,15-,21-/m0/s1. The maximum atomic E-state index is 12.4. The van der Waals surface area contributed by atoms with E-state index < -0.39 is 30.1 Å². The van der Waals surface area contributed by atoms with Crippen LogP contribution in [0.4, 0.5) is 4.79 Å². The molecule has 2 aromatic carbocycles. The predicted molar refractivity (Wildman–Crippen MR) is 116 cm³/mol. The highest BCUT2D eigenvalue weighted by Gasteiger charge is 2.36. The molecule has 168 valence electrons. The van der Waals surface area contributed by atoms with Crippen LogP contribution < -0.4 is 10.6 Å². The van der Waals surface area contributed by atoms with Crippen molar-refractivity contribution in [2.75, 3.05) is 19.8 Å². The molecule has 32 heavy (non-hydrogen) atoms. The maximum Gasteiger partial charge on any atom is 0.407 e. The van der Waals surface area contributed by atoms with E-state index in [-0.39, 0.29) is 25.0 Å². The van der Waals surface area contributed by atoms with E-state index >= 15 is 0 Å². The predicted octanol–water partition coefficient (Wildman–Crippen LogP) is 2.52. The van der Waals surface area contributed by atoms with Crippen molar-refractivity contribution in [1.29, 1.82) is 0 Å². The van der Waals surface area contributed by atoms with Gasteiger partial charge in [0, 0.05) is 25.0 Å². The third-order valence-electron chi connectivity index (χ3n) is 6.05. The van der Waals surface area contributed by atoms with Crippen molar-refractivity contribution in [3.8, 4) is 11.1 Å². The Balaban J connectivity index is 1.31. The van der Waals surface area contributed by atoms with Crippen molar-refractivity contribution in [2.45, 2.75) is 31.4 Å². The number of fused-ring (bicyclic) bond motifs is 3. The number of carboxylic acid groups (broad SMARTS) is 1. The molecule has 0 bridgehead atoms. The number of ether oxygens (including phenoxy) is 2. The number of nitrogens with one attached hydrogen (secondary N) is 2. The SMILES string of the molecule is C[C@H](NC(=O)[C@H]1OCC[C@H]1CNC(=O)OCC1c2ccccc2-c2ccccc21)C(=O)O. The van der Waals surface area contributed by atoms with E-state index in [1.165, 1.54) is 6.92 Å². The van der Waals surface area contributed by atoms with Crippen molar-refractivity contribution in [1.82, 2.24) is 10.6 Å². The lowest BCUT2D eigenvalue weighted by atomic mass is 9.98. The van der Waals surface area contributed by atoms with Crippen LogP contribution in [0.2, 0.25) is 0 Å². The summed E-state index contributed by atoms with van der Waals surface area (Å²) in [7, 11) is 0. The lowest BCUT2D eigenvalue weighted by Gasteiger charge is -2.20. The molecule has 2 aliphatic rings. The van der Waals surface area contributed by atoms with E-state index in [2.05, 4.69) is 34.9 Å². The number of amides is 2. The van der Waals surface area contributed by atoms with Crippen molar-refractivity contribution >= 4 is 18.0 Å². The van der Waals surface area contributed by atoms with Gasteiger partial charge in [0.25, 0.3) is 0 Å². The third-order valence-corrected chi connectivity index (χ3v) is 6.05. The summed E-state index contributed by atoms with van der Waals surface area (Å²) in [4.78, 5) is 35.6. The number of hydrogen-bond donors (Lipinski definition) is 3. The van der Waals surface area contributed by atoms with Crippen LogP contribution in [0.5, 0.6) is 0 Å². The Hall–Kier alpha value is -3.39. The van der Waals surface area contributed by atoms with Gasteiger partial charge in [-0.1, -0.05) is 48.5 Å². The van der Waals surface area contributed by atoms with Gasteiger partial charge in [0.1, 0.15) is 18.8 Å². The first kappa shape index (κ1) is 21.8. The number of rotatable bonds is 7. The van der Waals surface area contributed by atoms with E-state index in [1.54, 1.807) is 0 Å². The summed E-state index contributed by atoms with van der Waals surface area (Å²) in [6, 6.07) is 15.2. The number of benzene rings is 2. The molecule has 8 nitrogen and oxygen atoms in total. The highest BCUT2D eigenvalue weighted by molar-refractivity contribution is 5.86. The second-order valence-electron chi connectivity index (χ2n) is 8.12. The number of carbonyl (C=O) groups excluding carboxylic acids is 2. The zero-order chi connectivity index (χ0) is 22.7. The number of hydrogen-bond acceptors (Lipinski definition) is 5. The highest BCUT2D eigenvalue weighted by Crippen LogP contribution is 2.44. The number of carboxylic acids is 1. The molecule has 0 aromatic heterocycles. The van der Waals surface area contributed by atoms with Crippen LogP contribution in [0, 0.1) is 5.92 Å². The Morgan fingerprint density at radius 1 is 1.09 bits per heavy atom. The first-order valence-electron chi connectivity index (χ1n) is 10.7. The third kappa shape index (κ3) is 4.45. The fraction of sp³-hybridized carbons (Fsp3) is 0.375. The first-order valence-corrected chi connectivity index (χ1v) is 10.7. The minimum Gasteiger partial charge on any atom is -0.480 e. The quantitative estimate of drug-likeness (QED) is 0.612. The van der Waals surface area contributed by atoms with Crippen LogP contribution >= 0.6 is 0 Å². The summed E-state index contributed by atoms with van der Waals surface area (Å²) in [5, 5.41) is 14.1. The molecule has 0 radical (unpaired) electrons. The topological polar surface area (TPSA) is 114 Å². The smallest absolute Gasteiger partial charge is 0.407 e. The molecule has 0 spiro atoms. The summed E-state index contributed by atoms with van der Waals surface area (Å²) in [6.45, 7) is 2.17. The van der Waals surface area contributed by atoms with E-state index in [1.807, 2.05) is 24.3 Å². The van der Waals surface area contributed by atoms with Crippen LogP contribution in [-0.4, -0.2) is 55.0 Å². The van der Waals surface area contributed by atoms with Crippen LogP contribution in [-0.2, 0) is 19.1 Å². The molecule has 4 rings (SSSR count). The van der Waals surface area contributed by atoms with Gasteiger partial charge in [-0.05, 0) is 35.6 Å². The summed E-state index contributed by atoms with van der Waals surface area (Å²) in [5.41, 5.74) is 4.58. The molecular formula is C24H26N2O6. The van der Waals surface area contributed by atoms with Crippen LogP contribution in [0.25, 0.3) is 11.1 Å². The highest BCUT2D eigenvalue weighted by atomic mass is 16.5. The van der Waals surface area contributed by atoms with Gasteiger partial charge in [-0.15, -0.1) is 0 Å². The number of alkyl carbamates (subject to hydrolysis) is 1. The first-order chi connectivity index (χ1) is 15.5. The normalized spacial score (nSPS) is 20.2. The van der Waals surface area contributed by atoms with Crippen LogP contribution in [0.3, 0.4) is 0 Å². The average Bonchev–Trinajstić information content (AvgIpc) is 3.39.